The van der Waals surface area contributed by atoms with Crippen molar-refractivity contribution < 1.29 is 4.79 Å². The summed E-state index contributed by atoms with van der Waals surface area (Å²) in [5.74, 6) is 1.16. The van der Waals surface area contributed by atoms with Crippen LogP contribution in [0.3, 0.4) is 0 Å². The lowest BCUT2D eigenvalue weighted by Crippen LogP contribution is -2.24. The van der Waals surface area contributed by atoms with Gasteiger partial charge in [0.1, 0.15) is 0 Å². The molecule has 1 amide bonds. The van der Waals surface area contributed by atoms with Crippen molar-refractivity contribution in [3.8, 4) is 0 Å². The van der Waals surface area contributed by atoms with Crippen molar-refractivity contribution in [3.63, 3.8) is 0 Å². The van der Waals surface area contributed by atoms with Gasteiger partial charge in [-0.25, -0.2) is 0 Å². The third-order valence-electron chi connectivity index (χ3n) is 2.85. The van der Waals surface area contributed by atoms with Gasteiger partial charge in [-0.2, -0.15) is 11.8 Å². The molecule has 0 saturated heterocycles. The Kier molecular flexibility index (Phi) is 6.65. The molecule has 0 aliphatic rings. The van der Waals surface area contributed by atoms with E-state index >= 15 is 0 Å². The smallest absolute Gasteiger partial charge is 0.251 e. The quantitative estimate of drug-likeness (QED) is 0.589. The van der Waals surface area contributed by atoms with Crippen LogP contribution >= 0.6 is 11.8 Å². The highest BCUT2D eigenvalue weighted by Gasteiger charge is 2.05. The van der Waals surface area contributed by atoms with Crippen LogP contribution < -0.4 is 11.1 Å². The third-order valence-corrected chi connectivity index (χ3v) is 3.55. The molecule has 0 aromatic heterocycles. The number of amides is 1. The lowest BCUT2D eigenvalue weighted by atomic mass is 10.1. The highest BCUT2D eigenvalue weighted by atomic mass is 32.2. The number of nitrogens with two attached hydrogens (primary N) is 1. The van der Waals surface area contributed by atoms with Crippen molar-refractivity contribution in [2.45, 2.75) is 26.2 Å². The Morgan fingerprint density at radius 1 is 1.33 bits per heavy atom. The molecule has 0 radical (unpaired) electrons. The normalized spacial score (nSPS) is 10.3. The molecule has 0 aliphatic carbocycles. The van der Waals surface area contributed by atoms with Crippen molar-refractivity contribution in [2.24, 2.45) is 0 Å². The lowest BCUT2D eigenvalue weighted by Gasteiger charge is -2.07. The molecule has 0 bridgehead atoms. The monoisotopic (exact) mass is 266 g/mol. The highest BCUT2D eigenvalue weighted by Crippen LogP contribution is 2.12. The summed E-state index contributed by atoms with van der Waals surface area (Å²) in [6, 6.07) is 5.43. The van der Waals surface area contributed by atoms with Crippen molar-refractivity contribution in [1.82, 2.24) is 5.32 Å². The Morgan fingerprint density at radius 2 is 2.11 bits per heavy atom. The summed E-state index contributed by atoms with van der Waals surface area (Å²) in [5, 5.41) is 2.92. The minimum absolute atomic E-state index is 0.0356. The predicted molar refractivity (Wildman–Crippen MR) is 80.2 cm³/mol. The largest absolute Gasteiger partial charge is 0.398 e. The molecule has 0 atom stereocenters. The summed E-state index contributed by atoms with van der Waals surface area (Å²) in [6.07, 6.45) is 5.53. The highest BCUT2D eigenvalue weighted by molar-refractivity contribution is 7.98. The molecule has 1 aromatic carbocycles. The fourth-order valence-electron chi connectivity index (χ4n) is 1.63. The van der Waals surface area contributed by atoms with Crippen LogP contribution in [0, 0.1) is 6.92 Å². The Hall–Kier alpha value is -1.16. The SMILES string of the molecule is CSCCCCCNC(=O)c1ccc(C)c(N)c1. The van der Waals surface area contributed by atoms with Gasteiger partial charge in [0.2, 0.25) is 0 Å². The van der Waals surface area contributed by atoms with Crippen LogP contribution in [-0.2, 0) is 0 Å². The Labute approximate surface area is 114 Å². The van der Waals surface area contributed by atoms with E-state index in [1.54, 1.807) is 6.07 Å². The number of nitrogens with one attached hydrogen (secondary N) is 1. The maximum Gasteiger partial charge on any atom is 0.251 e. The molecule has 0 heterocycles. The molecule has 1 aromatic rings. The van der Waals surface area contributed by atoms with E-state index in [0.717, 1.165) is 24.9 Å². The molecule has 1 rings (SSSR count). The van der Waals surface area contributed by atoms with Crippen LogP contribution in [-0.4, -0.2) is 24.5 Å². The van der Waals surface area contributed by atoms with Crippen LogP contribution in [0.15, 0.2) is 18.2 Å². The van der Waals surface area contributed by atoms with E-state index in [-0.39, 0.29) is 5.91 Å². The molecule has 18 heavy (non-hydrogen) atoms. The van der Waals surface area contributed by atoms with Gasteiger partial charge in [-0.15, -0.1) is 0 Å². The number of hydrogen-bond acceptors (Lipinski definition) is 3. The van der Waals surface area contributed by atoms with Crippen molar-refractivity contribution >= 4 is 23.4 Å². The number of hydrogen-bond donors (Lipinski definition) is 2. The van der Waals surface area contributed by atoms with Gasteiger partial charge >= 0.3 is 0 Å². The number of thioether (sulfide) groups is 1. The molecule has 0 fully saturated rings. The number of carbonyl (C=O) groups excluding carboxylic acids is 1. The predicted octanol–water partition coefficient (Wildman–Crippen LogP) is 2.84. The van der Waals surface area contributed by atoms with Gasteiger partial charge in [0.15, 0.2) is 0 Å². The summed E-state index contributed by atoms with van der Waals surface area (Å²) in [4.78, 5) is 11.8. The Balaban J connectivity index is 2.30. The van der Waals surface area contributed by atoms with E-state index in [1.807, 2.05) is 30.8 Å². The van der Waals surface area contributed by atoms with E-state index in [2.05, 4.69) is 11.6 Å². The van der Waals surface area contributed by atoms with Gasteiger partial charge in [0.25, 0.3) is 5.91 Å². The minimum atomic E-state index is -0.0356. The summed E-state index contributed by atoms with van der Waals surface area (Å²) in [6.45, 7) is 2.67. The summed E-state index contributed by atoms with van der Waals surface area (Å²) >= 11 is 1.86. The zero-order valence-electron chi connectivity index (χ0n) is 11.2. The number of anilines is 1. The molecule has 3 nitrogen and oxygen atoms in total. The summed E-state index contributed by atoms with van der Waals surface area (Å²) in [5.41, 5.74) is 8.10. The van der Waals surface area contributed by atoms with E-state index < -0.39 is 0 Å². The van der Waals surface area contributed by atoms with Crippen LogP contribution in [0.1, 0.15) is 35.2 Å². The van der Waals surface area contributed by atoms with Crippen LogP contribution in [0.25, 0.3) is 0 Å². The lowest BCUT2D eigenvalue weighted by molar-refractivity contribution is 0.0953. The van der Waals surface area contributed by atoms with Gasteiger partial charge in [-0.1, -0.05) is 12.5 Å². The fraction of sp³-hybridized carbons (Fsp3) is 0.500. The first-order chi connectivity index (χ1) is 8.65. The molecule has 0 saturated carbocycles. The van der Waals surface area contributed by atoms with E-state index in [4.69, 9.17) is 5.73 Å². The average Bonchev–Trinajstić information content (AvgIpc) is 2.36. The van der Waals surface area contributed by atoms with E-state index in [0.29, 0.717) is 11.3 Å². The molecule has 3 N–H and O–H groups in total. The molecule has 0 unspecified atom stereocenters. The second kappa shape index (κ2) is 8.03. The van der Waals surface area contributed by atoms with Crippen LogP contribution in [0.2, 0.25) is 0 Å². The zero-order chi connectivity index (χ0) is 13.4. The minimum Gasteiger partial charge on any atom is -0.398 e. The Morgan fingerprint density at radius 3 is 2.78 bits per heavy atom. The van der Waals surface area contributed by atoms with Crippen LogP contribution in [0.4, 0.5) is 5.69 Å². The van der Waals surface area contributed by atoms with Gasteiger partial charge in [0, 0.05) is 17.8 Å². The van der Waals surface area contributed by atoms with E-state index in [9.17, 15) is 4.79 Å². The third kappa shape index (κ3) is 5.00. The molecular weight excluding hydrogens is 244 g/mol. The Bertz CT molecular complexity index is 393. The standard InChI is InChI=1S/C14H22N2OS/c1-11-6-7-12(10-13(11)15)14(17)16-8-4-3-5-9-18-2/h6-7,10H,3-5,8-9,15H2,1-2H3,(H,16,17). The maximum atomic E-state index is 11.8. The second-order valence-electron chi connectivity index (χ2n) is 4.38. The molecule has 0 aliphatic heterocycles. The molecular formula is C14H22N2OS. The van der Waals surface area contributed by atoms with Gasteiger partial charge in [-0.3, -0.25) is 4.79 Å². The molecule has 4 heteroatoms. The fourth-order valence-corrected chi connectivity index (χ4v) is 2.13. The van der Waals surface area contributed by atoms with E-state index in [1.165, 1.54) is 12.2 Å². The first-order valence-electron chi connectivity index (χ1n) is 6.28. The second-order valence-corrected chi connectivity index (χ2v) is 5.37. The number of rotatable bonds is 7. The topological polar surface area (TPSA) is 55.1 Å². The maximum absolute atomic E-state index is 11.8. The number of benzene rings is 1. The van der Waals surface area contributed by atoms with Crippen molar-refractivity contribution in [2.75, 3.05) is 24.3 Å². The molecule has 0 spiro atoms. The summed E-state index contributed by atoms with van der Waals surface area (Å²) < 4.78 is 0. The number of nitrogen functional groups attached to an aromatic ring is 1. The average molecular weight is 266 g/mol. The summed E-state index contributed by atoms with van der Waals surface area (Å²) in [7, 11) is 0. The number of aryl methyl sites for hydroxylation is 1. The van der Waals surface area contributed by atoms with Crippen molar-refractivity contribution in [1.29, 1.82) is 0 Å². The van der Waals surface area contributed by atoms with Crippen LogP contribution in [0.5, 0.6) is 0 Å². The van der Waals surface area contributed by atoms with Gasteiger partial charge < -0.3 is 11.1 Å². The van der Waals surface area contributed by atoms with Gasteiger partial charge in [-0.05, 0) is 49.5 Å². The first-order valence-corrected chi connectivity index (χ1v) is 7.68. The van der Waals surface area contributed by atoms with Crippen molar-refractivity contribution in [3.05, 3.63) is 29.3 Å². The number of carbonyl (C=O) groups is 1. The molecule has 100 valence electrons. The number of unbranched alkanes of at least 4 members (excludes halogenated alkanes) is 2. The van der Waals surface area contributed by atoms with Gasteiger partial charge in [0.05, 0.1) is 0 Å². The zero-order valence-corrected chi connectivity index (χ0v) is 12.0. The first kappa shape index (κ1) is 14.9.